The summed E-state index contributed by atoms with van der Waals surface area (Å²) in [7, 11) is 0. The Morgan fingerprint density at radius 1 is 1.05 bits per heavy atom. The van der Waals surface area contributed by atoms with Crippen LogP contribution in [0.5, 0.6) is 0 Å². The second kappa shape index (κ2) is 5.27. The highest BCUT2D eigenvalue weighted by molar-refractivity contribution is 7.71. The minimum absolute atomic E-state index is 0.572. The SMILES string of the molecule is O=CC=C(c1ccccc1)n1c(=S)[nH]c2ccccc21. The van der Waals surface area contributed by atoms with Gasteiger partial charge in [-0.05, 0) is 29.9 Å². The molecule has 0 saturated carbocycles. The summed E-state index contributed by atoms with van der Waals surface area (Å²) >= 11 is 5.39. The van der Waals surface area contributed by atoms with E-state index in [9.17, 15) is 4.79 Å². The molecule has 3 aromatic rings. The summed E-state index contributed by atoms with van der Waals surface area (Å²) in [6, 6.07) is 17.6. The second-order valence-electron chi connectivity index (χ2n) is 4.34. The van der Waals surface area contributed by atoms with Crippen molar-refractivity contribution in [2.24, 2.45) is 0 Å². The van der Waals surface area contributed by atoms with Crippen molar-refractivity contribution in [2.45, 2.75) is 0 Å². The number of aromatic amines is 1. The molecule has 0 fully saturated rings. The van der Waals surface area contributed by atoms with Crippen molar-refractivity contribution in [3.05, 3.63) is 71.0 Å². The number of imidazole rings is 1. The van der Waals surface area contributed by atoms with E-state index in [0.29, 0.717) is 4.77 Å². The van der Waals surface area contributed by atoms with Gasteiger partial charge in [-0.3, -0.25) is 9.36 Å². The Hall–Kier alpha value is -2.46. The molecule has 1 heterocycles. The number of nitrogens with one attached hydrogen (secondary N) is 1. The van der Waals surface area contributed by atoms with Crippen molar-refractivity contribution in [1.29, 1.82) is 0 Å². The molecule has 0 amide bonds. The third kappa shape index (κ3) is 2.10. The summed E-state index contributed by atoms with van der Waals surface area (Å²) in [5.74, 6) is 0. The molecule has 20 heavy (non-hydrogen) atoms. The number of hydrogen-bond donors (Lipinski definition) is 1. The topological polar surface area (TPSA) is 37.8 Å². The van der Waals surface area contributed by atoms with E-state index in [0.717, 1.165) is 28.6 Å². The number of aromatic nitrogens is 2. The quantitative estimate of drug-likeness (QED) is 0.450. The average molecular weight is 280 g/mol. The van der Waals surface area contributed by atoms with Crippen LogP contribution in [0.15, 0.2) is 60.7 Å². The summed E-state index contributed by atoms with van der Waals surface area (Å²) in [5.41, 5.74) is 3.61. The van der Waals surface area contributed by atoms with Gasteiger partial charge in [-0.15, -0.1) is 0 Å². The van der Waals surface area contributed by atoms with Crippen LogP contribution in [0.2, 0.25) is 0 Å². The van der Waals surface area contributed by atoms with E-state index in [1.165, 1.54) is 6.08 Å². The van der Waals surface area contributed by atoms with Gasteiger partial charge in [-0.2, -0.15) is 0 Å². The molecule has 0 atom stereocenters. The zero-order chi connectivity index (χ0) is 13.9. The van der Waals surface area contributed by atoms with Crippen LogP contribution in [0, 0.1) is 4.77 Å². The maximum Gasteiger partial charge on any atom is 0.182 e. The van der Waals surface area contributed by atoms with Gasteiger partial charge in [0.2, 0.25) is 0 Å². The number of rotatable bonds is 3. The minimum atomic E-state index is 0.572. The standard InChI is InChI=1S/C16H12N2OS/c19-11-10-14(12-6-2-1-3-7-12)18-15-9-5-4-8-13(15)17-16(18)20/h1-11H,(H,17,20). The zero-order valence-electron chi connectivity index (χ0n) is 10.6. The van der Waals surface area contributed by atoms with Crippen LogP contribution in [-0.2, 0) is 4.79 Å². The lowest BCUT2D eigenvalue weighted by Gasteiger charge is -2.09. The highest BCUT2D eigenvalue weighted by atomic mass is 32.1. The monoisotopic (exact) mass is 280 g/mol. The molecule has 2 aromatic carbocycles. The molecule has 98 valence electrons. The highest BCUT2D eigenvalue weighted by Gasteiger charge is 2.10. The van der Waals surface area contributed by atoms with Crippen LogP contribution >= 0.6 is 12.2 Å². The Kier molecular flexibility index (Phi) is 3.31. The predicted molar refractivity (Wildman–Crippen MR) is 83.0 cm³/mol. The van der Waals surface area contributed by atoms with Crippen molar-refractivity contribution >= 4 is 35.2 Å². The molecule has 0 aliphatic rings. The first-order valence-electron chi connectivity index (χ1n) is 6.22. The Morgan fingerprint density at radius 2 is 1.75 bits per heavy atom. The lowest BCUT2D eigenvalue weighted by atomic mass is 10.1. The molecule has 1 aromatic heterocycles. The fourth-order valence-corrected chi connectivity index (χ4v) is 2.57. The maximum absolute atomic E-state index is 11.0. The van der Waals surface area contributed by atoms with Gasteiger partial charge in [0, 0.05) is 6.08 Å². The molecule has 0 bridgehead atoms. The lowest BCUT2D eigenvalue weighted by Crippen LogP contribution is -1.99. The third-order valence-electron chi connectivity index (χ3n) is 3.13. The number of nitrogens with zero attached hydrogens (tertiary/aromatic N) is 1. The Morgan fingerprint density at radius 3 is 2.50 bits per heavy atom. The van der Waals surface area contributed by atoms with E-state index in [1.807, 2.05) is 59.2 Å². The van der Waals surface area contributed by atoms with Crippen molar-refractivity contribution in [2.75, 3.05) is 0 Å². The first-order valence-corrected chi connectivity index (χ1v) is 6.63. The Bertz CT molecular complexity index is 844. The molecule has 0 spiro atoms. The molecular formula is C16H12N2OS. The highest BCUT2D eigenvalue weighted by Crippen LogP contribution is 2.23. The molecule has 0 aliphatic heterocycles. The van der Waals surface area contributed by atoms with Crippen LogP contribution < -0.4 is 0 Å². The van der Waals surface area contributed by atoms with Crippen LogP contribution in [0.1, 0.15) is 5.56 Å². The maximum atomic E-state index is 11.0. The van der Waals surface area contributed by atoms with Gasteiger partial charge in [0.05, 0.1) is 16.7 Å². The number of H-pyrrole nitrogens is 1. The fraction of sp³-hybridized carbons (Fsp3) is 0. The number of para-hydroxylation sites is 2. The molecule has 3 nitrogen and oxygen atoms in total. The number of aldehydes is 1. The molecule has 1 N–H and O–H groups in total. The fourth-order valence-electron chi connectivity index (χ4n) is 2.27. The smallest absolute Gasteiger partial charge is 0.182 e. The molecule has 3 rings (SSSR count). The van der Waals surface area contributed by atoms with Gasteiger partial charge in [-0.1, -0.05) is 42.5 Å². The van der Waals surface area contributed by atoms with Gasteiger partial charge in [0.15, 0.2) is 4.77 Å². The number of carbonyl (C=O) groups is 1. The van der Waals surface area contributed by atoms with Crippen LogP contribution in [0.3, 0.4) is 0 Å². The van der Waals surface area contributed by atoms with E-state index in [1.54, 1.807) is 0 Å². The van der Waals surface area contributed by atoms with Crippen LogP contribution in [0.4, 0.5) is 0 Å². The van der Waals surface area contributed by atoms with Gasteiger partial charge >= 0.3 is 0 Å². The van der Waals surface area contributed by atoms with E-state index in [4.69, 9.17) is 12.2 Å². The summed E-state index contributed by atoms with van der Waals surface area (Å²) in [4.78, 5) is 14.2. The normalized spacial score (nSPS) is 11.7. The van der Waals surface area contributed by atoms with Gasteiger partial charge in [0.1, 0.15) is 6.29 Å². The number of carbonyl (C=O) groups excluding carboxylic acids is 1. The molecule has 0 radical (unpaired) electrons. The number of allylic oxidation sites excluding steroid dienone is 1. The zero-order valence-corrected chi connectivity index (χ0v) is 11.4. The largest absolute Gasteiger partial charge is 0.330 e. The molecule has 0 aliphatic carbocycles. The molecular weight excluding hydrogens is 268 g/mol. The number of benzene rings is 2. The van der Waals surface area contributed by atoms with Crippen molar-refractivity contribution in [3.8, 4) is 0 Å². The first kappa shape index (κ1) is 12.6. The Labute approximate surface area is 121 Å². The van der Waals surface area contributed by atoms with Crippen LogP contribution in [0.25, 0.3) is 16.7 Å². The average Bonchev–Trinajstić information content (AvgIpc) is 2.82. The molecule has 0 unspecified atom stereocenters. The van der Waals surface area contributed by atoms with Crippen molar-refractivity contribution in [1.82, 2.24) is 9.55 Å². The van der Waals surface area contributed by atoms with Crippen molar-refractivity contribution in [3.63, 3.8) is 0 Å². The summed E-state index contributed by atoms with van der Waals surface area (Å²) < 4.78 is 2.46. The predicted octanol–water partition coefficient (Wildman–Crippen LogP) is 3.79. The number of hydrogen-bond acceptors (Lipinski definition) is 2. The lowest BCUT2D eigenvalue weighted by molar-refractivity contribution is -0.104. The molecule has 0 saturated heterocycles. The van der Waals surface area contributed by atoms with Crippen LogP contribution in [-0.4, -0.2) is 15.8 Å². The van der Waals surface area contributed by atoms with E-state index < -0.39 is 0 Å². The Balaban J connectivity index is 2.32. The number of fused-ring (bicyclic) bond motifs is 1. The summed E-state index contributed by atoms with van der Waals surface area (Å²) in [6.45, 7) is 0. The summed E-state index contributed by atoms with van der Waals surface area (Å²) in [5, 5.41) is 0. The van der Waals surface area contributed by atoms with E-state index >= 15 is 0 Å². The minimum Gasteiger partial charge on any atom is -0.330 e. The van der Waals surface area contributed by atoms with Gasteiger partial charge < -0.3 is 4.98 Å². The van der Waals surface area contributed by atoms with Gasteiger partial charge in [-0.25, -0.2) is 0 Å². The van der Waals surface area contributed by atoms with E-state index in [2.05, 4.69) is 4.98 Å². The first-order chi connectivity index (χ1) is 9.81. The molecule has 4 heteroatoms. The second-order valence-corrected chi connectivity index (χ2v) is 4.72. The van der Waals surface area contributed by atoms with Gasteiger partial charge in [0.25, 0.3) is 0 Å². The summed E-state index contributed by atoms with van der Waals surface area (Å²) in [6.07, 6.45) is 2.32. The third-order valence-corrected chi connectivity index (χ3v) is 3.41. The van der Waals surface area contributed by atoms with Crippen molar-refractivity contribution < 1.29 is 4.79 Å². The van der Waals surface area contributed by atoms with E-state index in [-0.39, 0.29) is 0 Å².